The Hall–Kier alpha value is 0.110. The van der Waals surface area contributed by atoms with Crippen molar-refractivity contribution in [3.63, 3.8) is 0 Å². The largest absolute Gasteiger partial charge is 0.313 e. The van der Waals surface area contributed by atoms with E-state index >= 15 is 0 Å². The van der Waals surface area contributed by atoms with Crippen LogP contribution < -0.4 is 5.32 Å². The molecule has 2 nitrogen and oxygen atoms in total. The molecule has 0 aromatic heterocycles. The Balaban J connectivity index is 2.53. The number of hydrogen-bond acceptors (Lipinski definition) is 2. The average Bonchev–Trinajstić information content (AvgIpc) is 2.75. The molecule has 3 heteroatoms. The summed E-state index contributed by atoms with van der Waals surface area (Å²) in [6.07, 6.45) is 6.52. The second-order valence-corrected chi connectivity index (χ2v) is 8.48. The predicted molar refractivity (Wildman–Crippen MR) is 76.8 cm³/mol. The van der Waals surface area contributed by atoms with Gasteiger partial charge >= 0.3 is 0 Å². The molecule has 1 N–H and O–H groups in total. The van der Waals surface area contributed by atoms with E-state index in [2.05, 4.69) is 33.0 Å². The molecule has 1 aliphatic carbocycles. The Labute approximate surface area is 109 Å². The third-order valence-electron chi connectivity index (χ3n) is 3.64. The van der Waals surface area contributed by atoms with Crippen LogP contribution >= 0.6 is 0 Å². The van der Waals surface area contributed by atoms with E-state index in [0.29, 0.717) is 6.04 Å². The van der Waals surface area contributed by atoms with Crippen molar-refractivity contribution in [3.05, 3.63) is 0 Å². The van der Waals surface area contributed by atoms with Gasteiger partial charge < -0.3 is 5.32 Å². The zero-order valence-corrected chi connectivity index (χ0v) is 12.7. The van der Waals surface area contributed by atoms with Gasteiger partial charge in [-0.2, -0.15) is 0 Å². The number of rotatable bonds is 6. The van der Waals surface area contributed by atoms with Gasteiger partial charge in [0.25, 0.3) is 0 Å². The van der Waals surface area contributed by atoms with Gasteiger partial charge in [0.05, 0.1) is 0 Å². The van der Waals surface area contributed by atoms with E-state index in [-0.39, 0.29) is 4.75 Å². The van der Waals surface area contributed by atoms with Crippen molar-refractivity contribution in [2.45, 2.75) is 70.6 Å². The van der Waals surface area contributed by atoms with Crippen molar-refractivity contribution in [2.24, 2.45) is 5.92 Å². The van der Waals surface area contributed by atoms with Crippen molar-refractivity contribution < 1.29 is 4.21 Å². The summed E-state index contributed by atoms with van der Waals surface area (Å²) in [6.45, 7) is 9.49. The molecule has 0 bridgehead atoms. The molecule has 2 atom stereocenters. The molecule has 0 aromatic rings. The molecular weight excluding hydrogens is 230 g/mol. The molecule has 0 aliphatic heterocycles. The molecule has 0 aromatic carbocycles. The molecule has 0 spiro atoms. The van der Waals surface area contributed by atoms with Crippen LogP contribution in [0.1, 0.15) is 59.8 Å². The Kier molecular flexibility index (Phi) is 6.14. The van der Waals surface area contributed by atoms with Crippen molar-refractivity contribution in [3.8, 4) is 0 Å². The normalized spacial score (nSPS) is 21.6. The van der Waals surface area contributed by atoms with Gasteiger partial charge in [-0.05, 0) is 52.5 Å². The maximum atomic E-state index is 12.3. The summed E-state index contributed by atoms with van der Waals surface area (Å²) in [6, 6.07) is 0.470. The van der Waals surface area contributed by atoms with Crippen LogP contribution in [0.4, 0.5) is 0 Å². The average molecular weight is 259 g/mol. The molecule has 0 saturated heterocycles. The first-order chi connectivity index (χ1) is 7.95. The van der Waals surface area contributed by atoms with E-state index in [0.717, 1.165) is 24.6 Å². The van der Waals surface area contributed by atoms with E-state index in [1.807, 2.05) is 0 Å². The molecule has 0 radical (unpaired) electrons. The second-order valence-electron chi connectivity index (χ2n) is 6.23. The summed E-state index contributed by atoms with van der Waals surface area (Å²) in [7, 11) is -0.729. The molecule has 17 heavy (non-hydrogen) atoms. The summed E-state index contributed by atoms with van der Waals surface area (Å²) in [4.78, 5) is 0. The van der Waals surface area contributed by atoms with Crippen LogP contribution in [0.3, 0.4) is 0 Å². The van der Waals surface area contributed by atoms with Gasteiger partial charge in [0.1, 0.15) is 0 Å². The minimum absolute atomic E-state index is 0.0786. The molecule has 1 fully saturated rings. The summed E-state index contributed by atoms with van der Waals surface area (Å²) in [5.74, 6) is 1.58. The molecule has 2 unspecified atom stereocenters. The Morgan fingerprint density at radius 1 is 1.29 bits per heavy atom. The molecule has 0 heterocycles. The maximum Gasteiger partial charge on any atom is 0.0396 e. The number of hydrogen-bond donors (Lipinski definition) is 1. The van der Waals surface area contributed by atoms with E-state index in [1.54, 1.807) is 0 Å². The van der Waals surface area contributed by atoms with Gasteiger partial charge in [-0.25, -0.2) is 0 Å². The lowest BCUT2D eigenvalue weighted by Gasteiger charge is -2.28. The minimum Gasteiger partial charge on any atom is -0.313 e. The van der Waals surface area contributed by atoms with Crippen LogP contribution in [0.2, 0.25) is 0 Å². The Bertz CT molecular complexity index is 241. The zero-order chi connectivity index (χ0) is 12.9. The fourth-order valence-corrected chi connectivity index (χ4v) is 3.68. The topological polar surface area (TPSA) is 29.1 Å². The van der Waals surface area contributed by atoms with Crippen LogP contribution in [-0.4, -0.2) is 27.3 Å². The van der Waals surface area contributed by atoms with E-state index < -0.39 is 10.8 Å². The first-order valence-electron chi connectivity index (χ1n) is 7.07. The lowest BCUT2D eigenvalue weighted by atomic mass is 9.99. The lowest BCUT2D eigenvalue weighted by molar-refractivity contribution is 0.384. The highest BCUT2D eigenvalue weighted by molar-refractivity contribution is 7.86. The Morgan fingerprint density at radius 3 is 2.35 bits per heavy atom. The van der Waals surface area contributed by atoms with Crippen molar-refractivity contribution in [1.82, 2.24) is 5.32 Å². The second kappa shape index (κ2) is 6.89. The van der Waals surface area contributed by atoms with Crippen molar-refractivity contribution in [2.75, 3.05) is 12.3 Å². The molecule has 1 aliphatic rings. The summed E-state index contributed by atoms with van der Waals surface area (Å²) in [5, 5.41) is 3.62. The third kappa shape index (κ3) is 5.09. The van der Waals surface area contributed by atoms with Crippen LogP contribution in [0.5, 0.6) is 0 Å². The molecule has 1 saturated carbocycles. The quantitative estimate of drug-likeness (QED) is 0.794. The lowest BCUT2D eigenvalue weighted by Crippen LogP contribution is -2.42. The van der Waals surface area contributed by atoms with E-state index in [9.17, 15) is 4.21 Å². The SMILES string of the molecule is CCCNC(CS(=O)C(C)(C)C)C1CCCC1. The maximum absolute atomic E-state index is 12.3. The highest BCUT2D eigenvalue weighted by atomic mass is 32.2. The zero-order valence-electron chi connectivity index (χ0n) is 11.9. The fraction of sp³-hybridized carbons (Fsp3) is 1.00. The highest BCUT2D eigenvalue weighted by Crippen LogP contribution is 2.29. The van der Waals surface area contributed by atoms with Gasteiger partial charge in [-0.3, -0.25) is 4.21 Å². The van der Waals surface area contributed by atoms with E-state index in [1.165, 1.54) is 25.7 Å². The first kappa shape index (κ1) is 15.2. The minimum atomic E-state index is -0.729. The highest BCUT2D eigenvalue weighted by Gasteiger charge is 2.29. The summed E-state index contributed by atoms with van der Waals surface area (Å²) in [5.41, 5.74) is 0. The van der Waals surface area contributed by atoms with Gasteiger partial charge in [0.2, 0.25) is 0 Å². The van der Waals surface area contributed by atoms with Crippen LogP contribution in [-0.2, 0) is 10.8 Å². The van der Waals surface area contributed by atoms with Crippen LogP contribution in [0, 0.1) is 5.92 Å². The van der Waals surface area contributed by atoms with Gasteiger partial charge in [-0.1, -0.05) is 19.8 Å². The van der Waals surface area contributed by atoms with Crippen molar-refractivity contribution >= 4 is 10.8 Å². The van der Waals surface area contributed by atoms with Gasteiger partial charge in [0.15, 0.2) is 0 Å². The summed E-state index contributed by atoms with van der Waals surface area (Å²) >= 11 is 0. The monoisotopic (exact) mass is 259 g/mol. The molecule has 0 amide bonds. The fourth-order valence-electron chi connectivity index (χ4n) is 2.46. The predicted octanol–water partition coefficient (Wildman–Crippen LogP) is 3.09. The van der Waals surface area contributed by atoms with Crippen LogP contribution in [0.25, 0.3) is 0 Å². The smallest absolute Gasteiger partial charge is 0.0396 e. The summed E-state index contributed by atoms with van der Waals surface area (Å²) < 4.78 is 12.2. The van der Waals surface area contributed by atoms with Gasteiger partial charge in [-0.15, -0.1) is 0 Å². The molecule has 1 rings (SSSR count). The number of nitrogens with one attached hydrogen (secondary N) is 1. The van der Waals surface area contributed by atoms with E-state index in [4.69, 9.17) is 0 Å². The Morgan fingerprint density at radius 2 is 1.88 bits per heavy atom. The molecular formula is C14H29NOS. The third-order valence-corrected chi connectivity index (χ3v) is 5.67. The van der Waals surface area contributed by atoms with Crippen molar-refractivity contribution in [1.29, 1.82) is 0 Å². The first-order valence-corrected chi connectivity index (χ1v) is 8.39. The molecule has 102 valence electrons. The standard InChI is InChI=1S/C14H29NOS/c1-5-10-15-13(12-8-6-7-9-12)11-17(16)14(2,3)4/h12-13,15H,5-11H2,1-4H3. The van der Waals surface area contributed by atoms with Gasteiger partial charge in [0, 0.05) is 27.3 Å². The van der Waals surface area contributed by atoms with Crippen LogP contribution in [0.15, 0.2) is 0 Å².